The predicted octanol–water partition coefficient (Wildman–Crippen LogP) is 4.61. The van der Waals surface area contributed by atoms with Crippen LogP contribution in [0.2, 0.25) is 0 Å². The summed E-state index contributed by atoms with van der Waals surface area (Å²) in [6, 6.07) is 19.8. The monoisotopic (exact) mass is 409 g/mol. The van der Waals surface area contributed by atoms with Crippen molar-refractivity contribution < 1.29 is 4.79 Å². The summed E-state index contributed by atoms with van der Waals surface area (Å²) in [6.07, 6.45) is 6.02. The first-order valence-corrected chi connectivity index (χ1v) is 10.6. The van der Waals surface area contributed by atoms with E-state index in [1.807, 2.05) is 60.7 Å². The van der Waals surface area contributed by atoms with E-state index in [4.69, 9.17) is 10.7 Å². The molecule has 1 saturated carbocycles. The number of aromatic nitrogens is 3. The topological polar surface area (TPSA) is 93.8 Å². The number of nitrogens with one attached hydrogen (secondary N) is 1. The molecule has 1 fully saturated rings. The van der Waals surface area contributed by atoms with Gasteiger partial charge >= 0.3 is 0 Å². The second-order valence-corrected chi connectivity index (χ2v) is 7.89. The van der Waals surface area contributed by atoms with Crippen molar-refractivity contribution in [2.75, 3.05) is 5.73 Å². The van der Waals surface area contributed by atoms with E-state index in [-0.39, 0.29) is 23.5 Å². The highest BCUT2D eigenvalue weighted by Crippen LogP contribution is 2.32. The summed E-state index contributed by atoms with van der Waals surface area (Å²) in [4.78, 5) is 26.7. The summed E-state index contributed by atoms with van der Waals surface area (Å²) >= 11 is 0. The van der Waals surface area contributed by atoms with Crippen molar-refractivity contribution in [3.05, 3.63) is 72.6 Å². The number of anilines is 1. The summed E-state index contributed by atoms with van der Waals surface area (Å²) in [5, 5.41) is 4.07. The van der Waals surface area contributed by atoms with Gasteiger partial charge in [-0.1, -0.05) is 55.3 Å². The molecule has 1 amide bonds. The minimum Gasteiger partial charge on any atom is -0.382 e. The number of amides is 1. The summed E-state index contributed by atoms with van der Waals surface area (Å²) < 4.78 is 0. The van der Waals surface area contributed by atoms with Crippen LogP contribution in [0.4, 0.5) is 5.82 Å². The minimum absolute atomic E-state index is 0.139. The second-order valence-electron chi connectivity index (χ2n) is 7.89. The van der Waals surface area contributed by atoms with Crippen molar-refractivity contribution in [2.45, 2.75) is 31.7 Å². The van der Waals surface area contributed by atoms with Crippen molar-refractivity contribution >= 4 is 22.6 Å². The van der Waals surface area contributed by atoms with Crippen LogP contribution in [0.3, 0.4) is 0 Å². The Morgan fingerprint density at radius 3 is 2.48 bits per heavy atom. The molecular weight excluding hydrogens is 386 g/mol. The van der Waals surface area contributed by atoms with Gasteiger partial charge < -0.3 is 11.1 Å². The number of pyridine rings is 1. The van der Waals surface area contributed by atoms with Crippen LogP contribution in [0, 0.1) is 0 Å². The third-order valence-electron chi connectivity index (χ3n) is 5.75. The highest BCUT2D eigenvalue weighted by atomic mass is 16.2. The quantitative estimate of drug-likeness (QED) is 0.513. The number of carbonyl (C=O) groups is 1. The molecule has 1 aliphatic carbocycles. The van der Waals surface area contributed by atoms with Gasteiger partial charge in [-0.2, -0.15) is 0 Å². The number of benzene rings is 2. The molecule has 0 radical (unpaired) electrons. The molecule has 6 heteroatoms. The molecule has 0 bridgehead atoms. The highest BCUT2D eigenvalue weighted by molar-refractivity contribution is 5.98. The lowest BCUT2D eigenvalue weighted by atomic mass is 10.0. The average Bonchev–Trinajstić information content (AvgIpc) is 3.32. The van der Waals surface area contributed by atoms with Gasteiger partial charge in [0.05, 0.1) is 16.9 Å². The third-order valence-corrected chi connectivity index (χ3v) is 5.75. The SMILES string of the molecule is Nc1nc(-c2ccccc2)c(-c2ccc3ncccc3c2)nc1C(=O)NC1CCCC1. The van der Waals surface area contributed by atoms with E-state index in [0.29, 0.717) is 11.4 Å². The largest absolute Gasteiger partial charge is 0.382 e. The zero-order chi connectivity index (χ0) is 21.2. The molecule has 4 aromatic rings. The standard InChI is InChI=1S/C25H23N5O/c26-24-23(25(31)28-19-10-4-5-11-19)29-22(21(30-24)16-7-2-1-3-8-16)18-12-13-20-17(15-18)9-6-14-27-20/h1-3,6-9,12-15,19H,4-5,10-11H2,(H2,26,30)(H,28,31). The Balaban J connectivity index is 1.64. The number of carbonyl (C=O) groups excluding carboxylic acids is 1. The maximum Gasteiger partial charge on any atom is 0.273 e. The molecule has 6 nitrogen and oxygen atoms in total. The molecule has 2 heterocycles. The Morgan fingerprint density at radius 2 is 1.68 bits per heavy atom. The van der Waals surface area contributed by atoms with Crippen LogP contribution < -0.4 is 11.1 Å². The van der Waals surface area contributed by atoms with Gasteiger partial charge in [0, 0.05) is 28.8 Å². The van der Waals surface area contributed by atoms with Crippen LogP contribution in [0.15, 0.2) is 66.9 Å². The van der Waals surface area contributed by atoms with Gasteiger partial charge in [-0.25, -0.2) is 9.97 Å². The molecule has 2 aromatic heterocycles. The Labute approximate surface area is 180 Å². The Morgan fingerprint density at radius 1 is 0.903 bits per heavy atom. The summed E-state index contributed by atoms with van der Waals surface area (Å²) in [6.45, 7) is 0. The number of hydrogen-bond donors (Lipinski definition) is 2. The minimum atomic E-state index is -0.264. The fourth-order valence-corrected chi connectivity index (χ4v) is 4.16. The fourth-order valence-electron chi connectivity index (χ4n) is 4.16. The molecular formula is C25H23N5O. The molecule has 5 rings (SSSR count). The van der Waals surface area contributed by atoms with Gasteiger partial charge in [0.2, 0.25) is 0 Å². The third kappa shape index (κ3) is 3.84. The molecule has 0 aliphatic heterocycles. The number of nitrogen functional groups attached to an aromatic ring is 1. The number of hydrogen-bond acceptors (Lipinski definition) is 5. The van der Waals surface area contributed by atoms with Crippen molar-refractivity contribution in [3.63, 3.8) is 0 Å². The zero-order valence-corrected chi connectivity index (χ0v) is 17.1. The Bertz CT molecular complexity index is 1250. The van der Waals surface area contributed by atoms with Crippen LogP contribution in [0.1, 0.15) is 36.2 Å². The van der Waals surface area contributed by atoms with Gasteiger partial charge in [0.15, 0.2) is 11.5 Å². The molecule has 154 valence electrons. The lowest BCUT2D eigenvalue weighted by Crippen LogP contribution is -2.34. The summed E-state index contributed by atoms with van der Waals surface area (Å²) in [5.74, 6) is -0.124. The maximum absolute atomic E-state index is 13.0. The smallest absolute Gasteiger partial charge is 0.273 e. The highest BCUT2D eigenvalue weighted by Gasteiger charge is 2.23. The Hall–Kier alpha value is -3.80. The molecule has 0 atom stereocenters. The normalized spacial score (nSPS) is 14.1. The van der Waals surface area contributed by atoms with Gasteiger partial charge in [-0.3, -0.25) is 9.78 Å². The molecule has 1 aliphatic rings. The number of rotatable bonds is 4. The average molecular weight is 409 g/mol. The van der Waals surface area contributed by atoms with E-state index in [1.54, 1.807) is 6.20 Å². The van der Waals surface area contributed by atoms with E-state index in [9.17, 15) is 4.79 Å². The van der Waals surface area contributed by atoms with E-state index < -0.39 is 0 Å². The molecule has 0 unspecified atom stereocenters. The van der Waals surface area contributed by atoms with Crippen molar-refractivity contribution in [1.82, 2.24) is 20.3 Å². The van der Waals surface area contributed by atoms with Gasteiger partial charge in [-0.15, -0.1) is 0 Å². The van der Waals surface area contributed by atoms with Gasteiger partial charge in [0.25, 0.3) is 5.91 Å². The Kier molecular flexibility index (Phi) is 5.04. The van der Waals surface area contributed by atoms with E-state index in [1.165, 1.54) is 0 Å². The van der Waals surface area contributed by atoms with Crippen LogP contribution in [0.25, 0.3) is 33.4 Å². The van der Waals surface area contributed by atoms with Crippen LogP contribution in [0.5, 0.6) is 0 Å². The van der Waals surface area contributed by atoms with Gasteiger partial charge in [0.1, 0.15) is 0 Å². The molecule has 0 spiro atoms. The number of nitrogens with zero attached hydrogens (tertiary/aromatic N) is 3. The zero-order valence-electron chi connectivity index (χ0n) is 17.1. The van der Waals surface area contributed by atoms with E-state index in [2.05, 4.69) is 15.3 Å². The number of nitrogens with two attached hydrogens (primary N) is 1. The lowest BCUT2D eigenvalue weighted by molar-refractivity contribution is 0.0933. The summed E-state index contributed by atoms with van der Waals surface area (Å²) in [5.41, 5.74) is 10.3. The van der Waals surface area contributed by atoms with Crippen LogP contribution >= 0.6 is 0 Å². The first kappa shape index (κ1) is 19.2. The summed E-state index contributed by atoms with van der Waals surface area (Å²) in [7, 11) is 0. The van der Waals surface area contributed by atoms with Crippen molar-refractivity contribution in [3.8, 4) is 22.5 Å². The first-order chi connectivity index (χ1) is 15.2. The van der Waals surface area contributed by atoms with Crippen LogP contribution in [-0.4, -0.2) is 26.9 Å². The lowest BCUT2D eigenvalue weighted by Gasteiger charge is -2.15. The molecule has 31 heavy (non-hydrogen) atoms. The van der Waals surface area contributed by atoms with Crippen LogP contribution in [-0.2, 0) is 0 Å². The molecule has 2 aromatic carbocycles. The van der Waals surface area contributed by atoms with E-state index >= 15 is 0 Å². The van der Waals surface area contributed by atoms with Crippen molar-refractivity contribution in [1.29, 1.82) is 0 Å². The number of fused-ring (bicyclic) bond motifs is 1. The molecule has 0 saturated heterocycles. The van der Waals surface area contributed by atoms with E-state index in [0.717, 1.165) is 47.7 Å². The van der Waals surface area contributed by atoms with Crippen molar-refractivity contribution in [2.24, 2.45) is 0 Å². The van der Waals surface area contributed by atoms with Gasteiger partial charge in [-0.05, 0) is 31.0 Å². The second kappa shape index (κ2) is 8.14. The molecule has 3 N–H and O–H groups in total. The predicted molar refractivity (Wildman–Crippen MR) is 122 cm³/mol. The fraction of sp³-hybridized carbons (Fsp3) is 0.200. The maximum atomic E-state index is 13.0. The first-order valence-electron chi connectivity index (χ1n) is 10.6.